The molecule has 0 heterocycles. The van der Waals surface area contributed by atoms with Crippen molar-refractivity contribution in [2.75, 3.05) is 0 Å². The molecule has 0 spiro atoms. The molecule has 6 atom stereocenters. The second-order valence-electron chi connectivity index (χ2n) is 5.12. The Balaban J connectivity index is 1.86. The van der Waals surface area contributed by atoms with E-state index in [-0.39, 0.29) is 0 Å². The summed E-state index contributed by atoms with van der Waals surface area (Å²) in [6.45, 7) is 0. The second kappa shape index (κ2) is 2.89. The Kier molecular flexibility index (Phi) is 1.78. The van der Waals surface area contributed by atoms with Crippen LogP contribution in [0, 0.1) is 11.8 Å². The van der Waals surface area contributed by atoms with Gasteiger partial charge in [-0.2, -0.15) is 0 Å². The fourth-order valence-electron chi connectivity index (χ4n) is 4.15. The van der Waals surface area contributed by atoms with E-state index in [2.05, 4.69) is 56.1 Å². The van der Waals surface area contributed by atoms with E-state index in [9.17, 15) is 0 Å². The normalized spacial score (nSPS) is 49.7. The molecule has 4 rings (SSSR count). The van der Waals surface area contributed by atoms with E-state index in [0.29, 0.717) is 0 Å². The van der Waals surface area contributed by atoms with Gasteiger partial charge in [-0.1, -0.05) is 56.1 Å². The molecule has 0 radical (unpaired) electrons. The Hall–Kier alpha value is 0.180. The van der Waals surface area contributed by atoms with Crippen LogP contribution in [0.2, 0.25) is 0 Å². The van der Waals surface area contributed by atoms with E-state index >= 15 is 0 Å². The van der Waals surface area contributed by atoms with Gasteiger partial charge in [0.2, 0.25) is 0 Å². The first-order valence-electron chi connectivity index (χ1n) is 5.66. The predicted molar refractivity (Wildman–Crippen MR) is 69.0 cm³/mol. The van der Waals surface area contributed by atoms with Crippen LogP contribution in [0.15, 0.2) is 24.3 Å². The van der Waals surface area contributed by atoms with Crippen LogP contribution in [0.5, 0.6) is 0 Å². The number of rotatable bonds is 0. The van der Waals surface area contributed by atoms with Crippen molar-refractivity contribution in [1.29, 1.82) is 0 Å². The monoisotopic (exact) mass is 326 g/mol. The lowest BCUT2D eigenvalue weighted by atomic mass is 9.61. The van der Waals surface area contributed by atoms with Crippen LogP contribution in [0.3, 0.4) is 0 Å². The molecule has 15 heavy (non-hydrogen) atoms. The molecule has 1 aromatic carbocycles. The lowest BCUT2D eigenvalue weighted by Gasteiger charge is -2.44. The molecule has 1 aromatic rings. The van der Waals surface area contributed by atoms with Crippen molar-refractivity contribution in [1.82, 2.24) is 0 Å². The Morgan fingerprint density at radius 3 is 2.40 bits per heavy atom. The van der Waals surface area contributed by atoms with Crippen molar-refractivity contribution in [2.45, 2.75) is 27.9 Å². The summed E-state index contributed by atoms with van der Waals surface area (Å²) in [4.78, 5) is 1.48. The van der Waals surface area contributed by atoms with E-state index in [1.54, 1.807) is 11.1 Å². The zero-order chi connectivity index (χ0) is 10.2. The molecular formula is C13H12Br2. The van der Waals surface area contributed by atoms with Crippen molar-refractivity contribution in [3.8, 4) is 0 Å². The fourth-order valence-corrected chi connectivity index (χ4v) is 6.89. The molecule has 2 fully saturated rings. The third-order valence-corrected chi connectivity index (χ3v) is 6.94. The van der Waals surface area contributed by atoms with Crippen LogP contribution in [-0.4, -0.2) is 9.65 Å². The lowest BCUT2D eigenvalue weighted by Crippen LogP contribution is -2.33. The Labute approximate surface area is 107 Å². The smallest absolute Gasteiger partial charge is 0.0225 e. The largest absolute Gasteiger partial charge is 0.0887 e. The summed E-state index contributed by atoms with van der Waals surface area (Å²) in [7, 11) is 0. The standard InChI is InChI=1S/C13H12Br2/c14-9-5-8-10-6-3-1-2-4-7(6)11(10)12(9)13(8)15/h1-4,8-13H,5H2/t8-,9+,10+,11+,12+,13?/m1/s1. The summed E-state index contributed by atoms with van der Waals surface area (Å²) < 4.78 is 0. The van der Waals surface area contributed by atoms with Crippen LogP contribution in [0.1, 0.15) is 29.4 Å². The summed E-state index contributed by atoms with van der Waals surface area (Å²) >= 11 is 7.78. The first kappa shape index (κ1) is 9.23. The molecule has 2 heteroatoms. The van der Waals surface area contributed by atoms with Gasteiger partial charge in [-0.25, -0.2) is 0 Å². The number of alkyl halides is 2. The van der Waals surface area contributed by atoms with Crippen molar-refractivity contribution in [3.63, 3.8) is 0 Å². The summed E-state index contributed by atoms with van der Waals surface area (Å²) in [5.74, 6) is 3.41. The Morgan fingerprint density at radius 1 is 1.00 bits per heavy atom. The second-order valence-corrected chi connectivity index (χ2v) is 7.35. The minimum absolute atomic E-state index is 0.737. The first-order valence-corrected chi connectivity index (χ1v) is 7.49. The third kappa shape index (κ3) is 0.945. The number of fused-ring (bicyclic) bond motifs is 8. The SMILES string of the molecule is BrC1[C@@H]2[C@H]3c4ccccc4[C@H]3[C@H]1C[C@@H]2Br. The molecule has 0 N–H and O–H groups in total. The highest BCUT2D eigenvalue weighted by Crippen LogP contribution is 2.70. The van der Waals surface area contributed by atoms with Gasteiger partial charge < -0.3 is 0 Å². The van der Waals surface area contributed by atoms with Crippen LogP contribution >= 0.6 is 31.9 Å². The minimum atomic E-state index is 0.737. The highest BCUT2D eigenvalue weighted by Gasteiger charge is 2.62. The average molecular weight is 328 g/mol. The van der Waals surface area contributed by atoms with Gasteiger partial charge in [0.25, 0.3) is 0 Å². The summed E-state index contributed by atoms with van der Waals surface area (Å²) in [6, 6.07) is 9.04. The molecule has 78 valence electrons. The van der Waals surface area contributed by atoms with Crippen molar-refractivity contribution < 1.29 is 0 Å². The molecule has 0 nitrogen and oxygen atoms in total. The van der Waals surface area contributed by atoms with E-state index in [1.165, 1.54) is 6.42 Å². The summed E-state index contributed by atoms with van der Waals surface area (Å²) in [5, 5.41) is 0. The molecular weight excluding hydrogens is 316 g/mol. The van der Waals surface area contributed by atoms with Crippen LogP contribution in [0.4, 0.5) is 0 Å². The van der Waals surface area contributed by atoms with Crippen molar-refractivity contribution in [2.24, 2.45) is 11.8 Å². The molecule has 0 aliphatic heterocycles. The predicted octanol–water partition coefficient (Wildman–Crippen LogP) is 4.04. The Morgan fingerprint density at radius 2 is 1.67 bits per heavy atom. The summed E-state index contributed by atoms with van der Waals surface area (Å²) in [6.07, 6.45) is 1.36. The highest BCUT2D eigenvalue weighted by atomic mass is 79.9. The fraction of sp³-hybridized carbons (Fsp3) is 0.538. The van der Waals surface area contributed by atoms with Crippen LogP contribution < -0.4 is 0 Å². The highest BCUT2D eigenvalue weighted by molar-refractivity contribution is 9.10. The maximum atomic E-state index is 3.92. The number of hydrogen-bond acceptors (Lipinski definition) is 0. The number of hydrogen-bond donors (Lipinski definition) is 0. The van der Waals surface area contributed by atoms with Gasteiger partial charge in [-0.15, -0.1) is 0 Å². The van der Waals surface area contributed by atoms with Gasteiger partial charge in [-0.05, 0) is 41.2 Å². The van der Waals surface area contributed by atoms with E-state index < -0.39 is 0 Å². The molecule has 1 unspecified atom stereocenters. The molecule has 2 bridgehead atoms. The molecule has 3 aliphatic rings. The number of benzene rings is 1. The van der Waals surface area contributed by atoms with Gasteiger partial charge >= 0.3 is 0 Å². The molecule has 0 saturated heterocycles. The topological polar surface area (TPSA) is 0 Å². The van der Waals surface area contributed by atoms with Crippen molar-refractivity contribution in [3.05, 3.63) is 35.4 Å². The minimum Gasteiger partial charge on any atom is -0.0887 e. The maximum absolute atomic E-state index is 3.92. The lowest BCUT2D eigenvalue weighted by molar-refractivity contribution is 0.333. The van der Waals surface area contributed by atoms with Gasteiger partial charge in [0.1, 0.15) is 0 Å². The van der Waals surface area contributed by atoms with Crippen molar-refractivity contribution >= 4 is 31.9 Å². The zero-order valence-corrected chi connectivity index (χ0v) is 11.4. The zero-order valence-electron chi connectivity index (χ0n) is 8.24. The van der Waals surface area contributed by atoms with E-state index in [4.69, 9.17) is 0 Å². The van der Waals surface area contributed by atoms with Crippen LogP contribution in [-0.2, 0) is 0 Å². The number of halogens is 2. The quantitative estimate of drug-likeness (QED) is 0.631. The third-order valence-electron chi connectivity index (χ3n) is 4.67. The van der Waals surface area contributed by atoms with E-state index in [0.717, 1.165) is 33.3 Å². The van der Waals surface area contributed by atoms with Crippen LogP contribution in [0.25, 0.3) is 0 Å². The van der Waals surface area contributed by atoms with Gasteiger partial charge in [0, 0.05) is 9.65 Å². The molecule has 0 aromatic heterocycles. The molecule has 2 saturated carbocycles. The molecule has 0 amide bonds. The first-order chi connectivity index (χ1) is 7.29. The van der Waals surface area contributed by atoms with Gasteiger partial charge in [0.05, 0.1) is 0 Å². The van der Waals surface area contributed by atoms with Gasteiger partial charge in [-0.3, -0.25) is 0 Å². The van der Waals surface area contributed by atoms with E-state index in [1.807, 2.05) is 0 Å². The molecule has 3 aliphatic carbocycles. The average Bonchev–Trinajstić information content (AvgIpc) is 2.61. The summed E-state index contributed by atoms with van der Waals surface area (Å²) in [5.41, 5.74) is 3.27. The Bertz CT molecular complexity index is 428. The van der Waals surface area contributed by atoms with Gasteiger partial charge in [0.15, 0.2) is 0 Å². The maximum Gasteiger partial charge on any atom is 0.0225 e.